The number of aromatic nitrogens is 2. The Morgan fingerprint density at radius 1 is 1.30 bits per heavy atom. The van der Waals surface area contributed by atoms with Crippen LogP contribution < -0.4 is 5.32 Å². The number of benzene rings is 1. The molecule has 1 heterocycles. The Labute approximate surface area is 119 Å². The Morgan fingerprint density at radius 3 is 2.70 bits per heavy atom. The molecule has 0 radical (unpaired) electrons. The largest absolute Gasteiger partial charge is 0.316 e. The van der Waals surface area contributed by atoms with E-state index in [1.54, 1.807) is 6.07 Å². The minimum atomic E-state index is -0.207. The highest BCUT2D eigenvalue weighted by molar-refractivity contribution is 5.72. The molecule has 1 aromatic carbocycles. The lowest BCUT2D eigenvalue weighted by Gasteiger charge is -2.10. The molecule has 20 heavy (non-hydrogen) atoms. The molecule has 0 saturated carbocycles. The molecule has 2 aromatic rings. The SMILES string of the molecule is CCCn1nc(C)c(-c2cc(F)ccc2CNC)c1C. The zero-order valence-electron chi connectivity index (χ0n) is 12.6. The Morgan fingerprint density at radius 2 is 2.05 bits per heavy atom. The van der Waals surface area contributed by atoms with E-state index in [2.05, 4.69) is 24.3 Å². The summed E-state index contributed by atoms with van der Waals surface area (Å²) in [7, 11) is 1.90. The second-order valence-electron chi connectivity index (χ2n) is 5.10. The van der Waals surface area contributed by atoms with Gasteiger partial charge in [-0.2, -0.15) is 5.10 Å². The normalized spacial score (nSPS) is 11.1. The number of halogens is 1. The van der Waals surface area contributed by atoms with E-state index in [1.165, 1.54) is 6.07 Å². The molecular weight excluding hydrogens is 253 g/mol. The predicted molar refractivity (Wildman–Crippen MR) is 80.1 cm³/mol. The van der Waals surface area contributed by atoms with Crippen molar-refractivity contribution in [1.29, 1.82) is 0 Å². The van der Waals surface area contributed by atoms with Gasteiger partial charge in [-0.05, 0) is 50.6 Å². The topological polar surface area (TPSA) is 29.9 Å². The summed E-state index contributed by atoms with van der Waals surface area (Å²) in [6, 6.07) is 4.97. The Kier molecular flexibility index (Phi) is 4.55. The van der Waals surface area contributed by atoms with Crippen LogP contribution in [0, 0.1) is 19.7 Å². The number of hydrogen-bond donors (Lipinski definition) is 1. The van der Waals surface area contributed by atoms with Gasteiger partial charge in [-0.1, -0.05) is 13.0 Å². The zero-order chi connectivity index (χ0) is 14.7. The molecule has 0 aliphatic heterocycles. The number of hydrogen-bond acceptors (Lipinski definition) is 2. The molecule has 1 aromatic heterocycles. The summed E-state index contributed by atoms with van der Waals surface area (Å²) in [6.07, 6.45) is 1.04. The van der Waals surface area contributed by atoms with Gasteiger partial charge in [-0.25, -0.2) is 4.39 Å². The minimum Gasteiger partial charge on any atom is -0.316 e. The van der Waals surface area contributed by atoms with Crippen LogP contribution in [0.1, 0.15) is 30.3 Å². The van der Waals surface area contributed by atoms with Crippen molar-refractivity contribution in [2.24, 2.45) is 0 Å². The maximum Gasteiger partial charge on any atom is 0.123 e. The lowest BCUT2D eigenvalue weighted by atomic mass is 9.98. The van der Waals surface area contributed by atoms with Gasteiger partial charge in [-0.15, -0.1) is 0 Å². The first-order chi connectivity index (χ1) is 9.58. The quantitative estimate of drug-likeness (QED) is 0.906. The summed E-state index contributed by atoms with van der Waals surface area (Å²) in [4.78, 5) is 0. The number of rotatable bonds is 5. The molecule has 2 rings (SSSR count). The highest BCUT2D eigenvalue weighted by Crippen LogP contribution is 2.30. The highest BCUT2D eigenvalue weighted by Gasteiger charge is 2.16. The van der Waals surface area contributed by atoms with Crippen LogP contribution in [0.15, 0.2) is 18.2 Å². The van der Waals surface area contributed by atoms with Gasteiger partial charge in [-0.3, -0.25) is 4.68 Å². The molecular formula is C16H22FN3. The Balaban J connectivity index is 2.58. The number of nitrogens with one attached hydrogen (secondary N) is 1. The molecule has 0 bridgehead atoms. The molecule has 0 aliphatic carbocycles. The van der Waals surface area contributed by atoms with Crippen molar-refractivity contribution >= 4 is 0 Å². The fourth-order valence-corrected chi connectivity index (χ4v) is 2.64. The number of aryl methyl sites for hydroxylation is 2. The third kappa shape index (κ3) is 2.75. The molecule has 4 heteroatoms. The maximum absolute atomic E-state index is 13.6. The summed E-state index contributed by atoms with van der Waals surface area (Å²) >= 11 is 0. The van der Waals surface area contributed by atoms with Crippen LogP contribution in [0.4, 0.5) is 4.39 Å². The van der Waals surface area contributed by atoms with Gasteiger partial charge in [0.25, 0.3) is 0 Å². The van der Waals surface area contributed by atoms with Crippen molar-refractivity contribution < 1.29 is 4.39 Å². The smallest absolute Gasteiger partial charge is 0.123 e. The Bertz CT molecular complexity index is 602. The molecule has 0 spiro atoms. The molecule has 0 fully saturated rings. The third-order valence-electron chi connectivity index (χ3n) is 3.53. The van der Waals surface area contributed by atoms with Crippen molar-refractivity contribution in [3.05, 3.63) is 41.0 Å². The van der Waals surface area contributed by atoms with Crippen molar-refractivity contribution in [2.75, 3.05) is 7.05 Å². The molecule has 1 N–H and O–H groups in total. The first-order valence-electron chi connectivity index (χ1n) is 7.05. The third-order valence-corrected chi connectivity index (χ3v) is 3.53. The molecule has 0 aliphatic rings. The molecule has 0 unspecified atom stereocenters. The summed E-state index contributed by atoms with van der Waals surface area (Å²) in [5.74, 6) is -0.207. The van der Waals surface area contributed by atoms with Gasteiger partial charge in [0, 0.05) is 24.3 Å². The lowest BCUT2D eigenvalue weighted by Crippen LogP contribution is -2.07. The summed E-state index contributed by atoms with van der Waals surface area (Å²) < 4.78 is 15.7. The lowest BCUT2D eigenvalue weighted by molar-refractivity contribution is 0.583. The highest BCUT2D eigenvalue weighted by atomic mass is 19.1. The van der Waals surface area contributed by atoms with Crippen LogP contribution in [0.3, 0.4) is 0 Å². The fraction of sp³-hybridized carbons (Fsp3) is 0.438. The molecule has 108 valence electrons. The van der Waals surface area contributed by atoms with E-state index < -0.39 is 0 Å². The first kappa shape index (κ1) is 14.7. The summed E-state index contributed by atoms with van der Waals surface area (Å²) in [5, 5.41) is 7.72. The second-order valence-corrected chi connectivity index (χ2v) is 5.10. The fourth-order valence-electron chi connectivity index (χ4n) is 2.64. The van der Waals surface area contributed by atoms with Crippen LogP contribution in [0.25, 0.3) is 11.1 Å². The Hall–Kier alpha value is -1.68. The standard InChI is InChI=1S/C16H22FN3/c1-5-8-20-12(3)16(11(2)19-20)15-9-14(17)7-6-13(15)10-18-4/h6-7,9,18H,5,8,10H2,1-4H3. The van der Waals surface area contributed by atoms with E-state index in [4.69, 9.17) is 0 Å². The molecule has 3 nitrogen and oxygen atoms in total. The summed E-state index contributed by atoms with van der Waals surface area (Å²) in [6.45, 7) is 7.78. The van der Waals surface area contributed by atoms with E-state index >= 15 is 0 Å². The maximum atomic E-state index is 13.6. The molecule has 0 amide bonds. The average Bonchev–Trinajstić information content (AvgIpc) is 2.68. The number of nitrogens with zero attached hydrogens (tertiary/aromatic N) is 2. The minimum absolute atomic E-state index is 0.207. The van der Waals surface area contributed by atoms with Crippen molar-refractivity contribution in [2.45, 2.75) is 40.3 Å². The van der Waals surface area contributed by atoms with Crippen LogP contribution >= 0.6 is 0 Å². The molecule has 0 saturated heterocycles. The van der Waals surface area contributed by atoms with Crippen LogP contribution in [-0.2, 0) is 13.1 Å². The van der Waals surface area contributed by atoms with E-state index in [0.29, 0.717) is 6.54 Å². The van der Waals surface area contributed by atoms with Crippen molar-refractivity contribution in [1.82, 2.24) is 15.1 Å². The molecule has 0 atom stereocenters. The van der Waals surface area contributed by atoms with Gasteiger partial charge in [0.2, 0.25) is 0 Å². The monoisotopic (exact) mass is 275 g/mol. The van der Waals surface area contributed by atoms with E-state index in [0.717, 1.165) is 41.0 Å². The van der Waals surface area contributed by atoms with Gasteiger partial charge in [0.1, 0.15) is 5.82 Å². The van der Waals surface area contributed by atoms with Gasteiger partial charge in [0.15, 0.2) is 0 Å². The predicted octanol–water partition coefficient (Wildman–Crippen LogP) is 3.44. The van der Waals surface area contributed by atoms with Crippen LogP contribution in [-0.4, -0.2) is 16.8 Å². The summed E-state index contributed by atoms with van der Waals surface area (Å²) in [5.41, 5.74) is 5.15. The van der Waals surface area contributed by atoms with E-state index in [-0.39, 0.29) is 5.82 Å². The van der Waals surface area contributed by atoms with Crippen molar-refractivity contribution in [3.8, 4) is 11.1 Å². The first-order valence-corrected chi connectivity index (χ1v) is 7.05. The van der Waals surface area contributed by atoms with Gasteiger partial charge < -0.3 is 5.32 Å². The van der Waals surface area contributed by atoms with E-state index in [9.17, 15) is 4.39 Å². The van der Waals surface area contributed by atoms with Gasteiger partial charge in [0.05, 0.1) is 5.69 Å². The average molecular weight is 275 g/mol. The van der Waals surface area contributed by atoms with E-state index in [1.807, 2.05) is 24.7 Å². The zero-order valence-corrected chi connectivity index (χ0v) is 12.6. The second kappa shape index (κ2) is 6.18. The van der Waals surface area contributed by atoms with Crippen LogP contribution in [0.2, 0.25) is 0 Å². The van der Waals surface area contributed by atoms with Gasteiger partial charge >= 0.3 is 0 Å². The van der Waals surface area contributed by atoms with Crippen molar-refractivity contribution in [3.63, 3.8) is 0 Å². The van der Waals surface area contributed by atoms with Crippen LogP contribution in [0.5, 0.6) is 0 Å².